The topological polar surface area (TPSA) is 0 Å². The highest BCUT2D eigenvalue weighted by Crippen LogP contribution is 2.37. The molecule has 0 aromatic heterocycles. The molecule has 1 heteroatoms. The van der Waals surface area contributed by atoms with Crippen molar-refractivity contribution in [3.8, 4) is 0 Å². The van der Waals surface area contributed by atoms with Crippen LogP contribution in [0, 0.1) is 5.92 Å². The summed E-state index contributed by atoms with van der Waals surface area (Å²) < 4.78 is 0. The molecule has 0 unspecified atom stereocenters. The molecule has 1 heterocycles. The van der Waals surface area contributed by atoms with E-state index in [1.54, 1.807) is 0 Å². The van der Waals surface area contributed by atoms with Gasteiger partial charge in [-0.05, 0) is 12.3 Å². The summed E-state index contributed by atoms with van der Waals surface area (Å²) in [6.45, 7) is 7.00. The number of thioether (sulfide) groups is 1. The zero-order chi connectivity index (χ0) is 6.15. The highest BCUT2D eigenvalue weighted by molar-refractivity contribution is 8.00. The minimum Gasteiger partial charge on any atom is -0.155 e. The second kappa shape index (κ2) is 2.30. The van der Waals surface area contributed by atoms with Crippen LogP contribution in [0.5, 0.6) is 0 Å². The van der Waals surface area contributed by atoms with Crippen molar-refractivity contribution in [2.75, 3.05) is 0 Å². The van der Waals surface area contributed by atoms with E-state index in [0.29, 0.717) is 0 Å². The Bertz CT molecular complexity index is 70.5. The minimum absolute atomic E-state index is 0.907. The van der Waals surface area contributed by atoms with E-state index in [-0.39, 0.29) is 0 Å². The molecule has 1 rings (SSSR count). The Morgan fingerprint density at radius 3 is 2.00 bits per heavy atom. The maximum atomic E-state index is 2.35. The lowest BCUT2D eigenvalue weighted by Crippen LogP contribution is -2.00. The molecular formula is C7H14S. The number of hydrogen-bond acceptors (Lipinski definition) is 1. The summed E-state index contributed by atoms with van der Waals surface area (Å²) in [5.74, 6) is 0.954. The maximum Gasteiger partial charge on any atom is 0.00474 e. The van der Waals surface area contributed by atoms with E-state index in [1.165, 1.54) is 6.42 Å². The summed E-state index contributed by atoms with van der Waals surface area (Å²) in [5.41, 5.74) is 0. The molecule has 3 atom stereocenters. The average Bonchev–Trinajstić information content (AvgIpc) is 1.85. The van der Waals surface area contributed by atoms with Crippen molar-refractivity contribution in [2.45, 2.75) is 37.7 Å². The zero-order valence-electron chi connectivity index (χ0n) is 5.85. The van der Waals surface area contributed by atoms with Crippen LogP contribution in [-0.4, -0.2) is 10.5 Å². The van der Waals surface area contributed by atoms with Gasteiger partial charge in [0.15, 0.2) is 0 Å². The molecule has 0 aromatic carbocycles. The van der Waals surface area contributed by atoms with Gasteiger partial charge in [0, 0.05) is 10.5 Å². The monoisotopic (exact) mass is 130 g/mol. The van der Waals surface area contributed by atoms with Crippen LogP contribution in [0.3, 0.4) is 0 Å². The third-order valence-electron chi connectivity index (χ3n) is 1.95. The van der Waals surface area contributed by atoms with Gasteiger partial charge in [-0.15, -0.1) is 0 Å². The van der Waals surface area contributed by atoms with E-state index in [2.05, 4.69) is 32.5 Å². The van der Waals surface area contributed by atoms with Crippen LogP contribution in [0.1, 0.15) is 27.2 Å². The first-order valence-corrected chi connectivity index (χ1v) is 4.30. The van der Waals surface area contributed by atoms with Crippen LogP contribution in [-0.2, 0) is 0 Å². The van der Waals surface area contributed by atoms with Crippen molar-refractivity contribution in [3.05, 3.63) is 0 Å². The van der Waals surface area contributed by atoms with Crippen molar-refractivity contribution < 1.29 is 0 Å². The molecule has 0 N–H and O–H groups in total. The van der Waals surface area contributed by atoms with Gasteiger partial charge in [-0.2, -0.15) is 11.8 Å². The largest absolute Gasteiger partial charge is 0.155 e. The standard InChI is InChI=1S/C7H14S/c1-5-4-6(2)8-7(5)3/h5-7H,4H2,1-3H3/t5-,6+,7+/m0/s1. The molecule has 48 valence electrons. The third-order valence-corrected chi connectivity index (χ3v) is 3.50. The highest BCUT2D eigenvalue weighted by Gasteiger charge is 2.24. The average molecular weight is 130 g/mol. The fourth-order valence-corrected chi connectivity index (χ4v) is 2.80. The molecule has 1 aliphatic rings. The molecule has 1 fully saturated rings. The summed E-state index contributed by atoms with van der Waals surface area (Å²) in [5, 5.41) is 1.82. The van der Waals surface area contributed by atoms with Crippen LogP contribution >= 0.6 is 11.8 Å². The quantitative estimate of drug-likeness (QED) is 0.485. The van der Waals surface area contributed by atoms with Crippen LogP contribution < -0.4 is 0 Å². The van der Waals surface area contributed by atoms with Gasteiger partial charge in [-0.1, -0.05) is 20.8 Å². The van der Waals surface area contributed by atoms with Crippen molar-refractivity contribution in [3.63, 3.8) is 0 Å². The summed E-state index contributed by atoms with van der Waals surface area (Å²) in [7, 11) is 0. The fraction of sp³-hybridized carbons (Fsp3) is 1.00. The molecule has 0 bridgehead atoms. The van der Waals surface area contributed by atoms with Gasteiger partial charge >= 0.3 is 0 Å². The van der Waals surface area contributed by atoms with E-state index in [4.69, 9.17) is 0 Å². The summed E-state index contributed by atoms with van der Waals surface area (Å²) >= 11 is 2.13. The second-order valence-electron chi connectivity index (χ2n) is 2.86. The summed E-state index contributed by atoms with van der Waals surface area (Å²) in [6.07, 6.45) is 1.42. The summed E-state index contributed by atoms with van der Waals surface area (Å²) in [4.78, 5) is 0. The van der Waals surface area contributed by atoms with Crippen LogP contribution in [0.4, 0.5) is 0 Å². The zero-order valence-corrected chi connectivity index (χ0v) is 6.66. The van der Waals surface area contributed by atoms with Crippen molar-refractivity contribution in [2.24, 2.45) is 5.92 Å². The normalized spacial score (nSPS) is 47.6. The van der Waals surface area contributed by atoms with Gasteiger partial charge in [-0.3, -0.25) is 0 Å². The molecule has 0 spiro atoms. The Morgan fingerprint density at radius 2 is 1.88 bits per heavy atom. The van der Waals surface area contributed by atoms with Gasteiger partial charge in [0.05, 0.1) is 0 Å². The molecule has 0 amide bonds. The van der Waals surface area contributed by atoms with Gasteiger partial charge in [0.25, 0.3) is 0 Å². The first-order valence-electron chi connectivity index (χ1n) is 3.35. The molecule has 1 aliphatic heterocycles. The lowest BCUT2D eigenvalue weighted by atomic mass is 10.0. The minimum atomic E-state index is 0.907. The van der Waals surface area contributed by atoms with E-state index >= 15 is 0 Å². The van der Waals surface area contributed by atoms with Gasteiger partial charge in [0.1, 0.15) is 0 Å². The van der Waals surface area contributed by atoms with Crippen LogP contribution in [0.2, 0.25) is 0 Å². The van der Waals surface area contributed by atoms with Crippen LogP contribution in [0.15, 0.2) is 0 Å². The maximum absolute atomic E-state index is 2.35. The molecule has 0 radical (unpaired) electrons. The fourth-order valence-electron chi connectivity index (χ4n) is 1.27. The number of rotatable bonds is 0. The number of hydrogen-bond donors (Lipinski definition) is 0. The van der Waals surface area contributed by atoms with E-state index < -0.39 is 0 Å². The van der Waals surface area contributed by atoms with E-state index in [0.717, 1.165) is 16.4 Å². The highest BCUT2D eigenvalue weighted by atomic mass is 32.2. The first-order chi connectivity index (χ1) is 3.70. The van der Waals surface area contributed by atoms with Crippen LogP contribution in [0.25, 0.3) is 0 Å². The Hall–Kier alpha value is 0.350. The van der Waals surface area contributed by atoms with E-state index in [9.17, 15) is 0 Å². The lowest BCUT2D eigenvalue weighted by Gasteiger charge is -2.04. The van der Waals surface area contributed by atoms with Crippen molar-refractivity contribution in [1.29, 1.82) is 0 Å². The Labute approximate surface area is 56.0 Å². The predicted octanol–water partition coefficient (Wildman–Crippen LogP) is 2.54. The van der Waals surface area contributed by atoms with E-state index in [1.807, 2.05) is 0 Å². The Morgan fingerprint density at radius 1 is 1.25 bits per heavy atom. The molecule has 1 saturated heterocycles. The SMILES string of the molecule is C[C@@H]1C[C@H](C)[C@@H](C)S1. The molecule has 0 nitrogen and oxygen atoms in total. The third kappa shape index (κ3) is 1.19. The van der Waals surface area contributed by atoms with Gasteiger partial charge < -0.3 is 0 Å². The molecule has 0 aliphatic carbocycles. The Kier molecular flexibility index (Phi) is 1.86. The second-order valence-corrected chi connectivity index (χ2v) is 4.69. The molecule has 0 saturated carbocycles. The Balaban J connectivity index is 2.39. The molecular weight excluding hydrogens is 116 g/mol. The lowest BCUT2D eigenvalue weighted by molar-refractivity contribution is 0.562. The molecule has 0 aromatic rings. The smallest absolute Gasteiger partial charge is 0.00474 e. The van der Waals surface area contributed by atoms with Crippen molar-refractivity contribution >= 4 is 11.8 Å². The summed E-state index contributed by atoms with van der Waals surface area (Å²) in [6, 6.07) is 0. The first kappa shape index (κ1) is 6.47. The van der Waals surface area contributed by atoms with Gasteiger partial charge in [0.2, 0.25) is 0 Å². The van der Waals surface area contributed by atoms with Crippen molar-refractivity contribution in [1.82, 2.24) is 0 Å². The van der Waals surface area contributed by atoms with Gasteiger partial charge in [-0.25, -0.2) is 0 Å². The predicted molar refractivity (Wildman–Crippen MR) is 40.3 cm³/mol. The molecule has 8 heavy (non-hydrogen) atoms.